The highest BCUT2D eigenvalue weighted by molar-refractivity contribution is 5.82. The molecule has 126 valence electrons. The van der Waals surface area contributed by atoms with Gasteiger partial charge in [-0.25, -0.2) is 14.0 Å². The fourth-order valence-corrected chi connectivity index (χ4v) is 2.37. The monoisotopic (exact) mass is 317 g/mol. The van der Waals surface area contributed by atoms with Crippen molar-refractivity contribution >= 4 is 17.9 Å². The van der Waals surface area contributed by atoms with Crippen LogP contribution in [0, 0.1) is 5.92 Å². The van der Waals surface area contributed by atoms with E-state index in [1.54, 1.807) is 6.92 Å². The van der Waals surface area contributed by atoms with Gasteiger partial charge in [0.25, 0.3) is 0 Å². The molecule has 1 amide bonds. The van der Waals surface area contributed by atoms with Crippen LogP contribution in [0.5, 0.6) is 0 Å². The van der Waals surface area contributed by atoms with Gasteiger partial charge in [-0.3, -0.25) is 4.90 Å². The standard InChI is InChI=1S/C14H24FN3O4/c1-2-5-11(15)18(14(20)21)9-8-12(16)17-22-13(19)10-6-3-4-7-10/h10-11H,2-9H2,1H3,(H2,16,17)(H,20,21). The Morgan fingerprint density at radius 1 is 1.45 bits per heavy atom. The second-order valence-electron chi connectivity index (χ2n) is 5.42. The van der Waals surface area contributed by atoms with Crippen molar-refractivity contribution in [3.63, 3.8) is 0 Å². The van der Waals surface area contributed by atoms with Crippen LogP contribution in [0.1, 0.15) is 51.9 Å². The average molecular weight is 317 g/mol. The zero-order valence-electron chi connectivity index (χ0n) is 12.8. The second-order valence-corrected chi connectivity index (χ2v) is 5.42. The van der Waals surface area contributed by atoms with E-state index in [4.69, 9.17) is 15.7 Å². The van der Waals surface area contributed by atoms with Crippen molar-refractivity contribution in [2.75, 3.05) is 6.54 Å². The number of carbonyl (C=O) groups is 2. The van der Waals surface area contributed by atoms with Crippen LogP contribution in [0.2, 0.25) is 0 Å². The maximum atomic E-state index is 13.7. The summed E-state index contributed by atoms with van der Waals surface area (Å²) in [4.78, 5) is 28.1. The second kappa shape index (κ2) is 9.22. The van der Waals surface area contributed by atoms with Crippen LogP contribution in [0.25, 0.3) is 0 Å². The summed E-state index contributed by atoms with van der Waals surface area (Å²) in [6.45, 7) is 1.64. The van der Waals surface area contributed by atoms with E-state index in [-0.39, 0.29) is 31.1 Å². The Bertz CT molecular complexity index is 411. The van der Waals surface area contributed by atoms with E-state index in [1.165, 1.54) is 0 Å². The molecule has 0 aromatic heterocycles. The molecule has 1 aliphatic rings. The van der Waals surface area contributed by atoms with Crippen LogP contribution in [0.15, 0.2) is 5.16 Å². The molecule has 1 fully saturated rings. The molecule has 1 aliphatic carbocycles. The SMILES string of the molecule is CCCC(F)N(CCC(N)=NOC(=O)C1CCCC1)C(=O)O. The minimum absolute atomic E-state index is 0.00831. The Kier molecular flexibility index (Phi) is 7.62. The first kappa shape index (κ1) is 18.2. The highest BCUT2D eigenvalue weighted by atomic mass is 19.1. The van der Waals surface area contributed by atoms with Crippen molar-refractivity contribution in [3.05, 3.63) is 0 Å². The lowest BCUT2D eigenvalue weighted by Crippen LogP contribution is -2.39. The van der Waals surface area contributed by atoms with Gasteiger partial charge >= 0.3 is 12.1 Å². The zero-order chi connectivity index (χ0) is 16.5. The summed E-state index contributed by atoms with van der Waals surface area (Å²) >= 11 is 0. The molecule has 0 heterocycles. The summed E-state index contributed by atoms with van der Waals surface area (Å²) in [5.41, 5.74) is 5.57. The molecule has 1 saturated carbocycles. The number of rotatable bonds is 8. The maximum Gasteiger partial charge on any atom is 0.409 e. The van der Waals surface area contributed by atoms with Gasteiger partial charge in [-0.05, 0) is 19.3 Å². The Balaban J connectivity index is 2.41. The number of hydrogen-bond acceptors (Lipinski definition) is 4. The number of nitrogens with two attached hydrogens (primary N) is 1. The van der Waals surface area contributed by atoms with Gasteiger partial charge < -0.3 is 15.7 Å². The van der Waals surface area contributed by atoms with E-state index in [2.05, 4.69) is 5.16 Å². The van der Waals surface area contributed by atoms with Crippen molar-refractivity contribution < 1.29 is 23.9 Å². The number of oxime groups is 1. The fourth-order valence-electron chi connectivity index (χ4n) is 2.37. The molecule has 22 heavy (non-hydrogen) atoms. The minimum Gasteiger partial charge on any atom is -0.465 e. The van der Waals surface area contributed by atoms with Gasteiger partial charge in [-0.1, -0.05) is 31.3 Å². The third-order valence-corrected chi connectivity index (χ3v) is 3.66. The summed E-state index contributed by atoms with van der Waals surface area (Å²) in [6.07, 6.45) is 1.34. The van der Waals surface area contributed by atoms with Crippen LogP contribution in [0.3, 0.4) is 0 Å². The minimum atomic E-state index is -1.57. The van der Waals surface area contributed by atoms with Crippen LogP contribution < -0.4 is 5.73 Å². The third-order valence-electron chi connectivity index (χ3n) is 3.66. The Morgan fingerprint density at radius 3 is 2.64 bits per heavy atom. The molecule has 0 spiro atoms. The summed E-state index contributed by atoms with van der Waals surface area (Å²) < 4.78 is 13.7. The van der Waals surface area contributed by atoms with Gasteiger partial charge in [-0.15, -0.1) is 0 Å². The van der Waals surface area contributed by atoms with Gasteiger partial charge in [0, 0.05) is 13.0 Å². The Morgan fingerprint density at radius 2 is 2.09 bits per heavy atom. The van der Waals surface area contributed by atoms with Crippen LogP contribution in [0.4, 0.5) is 9.18 Å². The number of halogens is 1. The van der Waals surface area contributed by atoms with E-state index in [1.807, 2.05) is 0 Å². The number of carboxylic acid groups (broad SMARTS) is 1. The lowest BCUT2D eigenvalue weighted by atomic mass is 10.1. The highest BCUT2D eigenvalue weighted by Crippen LogP contribution is 2.25. The van der Waals surface area contributed by atoms with E-state index < -0.39 is 18.4 Å². The van der Waals surface area contributed by atoms with Crippen molar-refractivity contribution in [1.82, 2.24) is 4.90 Å². The van der Waals surface area contributed by atoms with Crippen LogP contribution in [-0.2, 0) is 9.63 Å². The first-order valence-electron chi connectivity index (χ1n) is 7.62. The number of amides is 1. The number of alkyl halides is 1. The predicted molar refractivity (Wildman–Crippen MR) is 78.8 cm³/mol. The molecule has 1 atom stereocenters. The molecule has 0 bridgehead atoms. The van der Waals surface area contributed by atoms with Gasteiger partial charge in [0.2, 0.25) is 0 Å². The number of carbonyl (C=O) groups excluding carboxylic acids is 1. The normalized spacial score (nSPS) is 17.3. The first-order valence-corrected chi connectivity index (χ1v) is 7.62. The molecule has 0 aromatic rings. The van der Waals surface area contributed by atoms with Gasteiger partial charge in [0.1, 0.15) is 5.84 Å². The molecule has 3 N–H and O–H groups in total. The molecule has 0 radical (unpaired) electrons. The number of hydrogen-bond donors (Lipinski definition) is 2. The quantitative estimate of drug-likeness (QED) is 0.235. The summed E-state index contributed by atoms with van der Waals surface area (Å²) in [7, 11) is 0. The number of amidine groups is 1. The summed E-state index contributed by atoms with van der Waals surface area (Å²) in [6, 6.07) is 0. The van der Waals surface area contributed by atoms with Crippen LogP contribution in [-0.4, -0.2) is 40.7 Å². The average Bonchev–Trinajstić information content (AvgIpc) is 2.99. The van der Waals surface area contributed by atoms with E-state index >= 15 is 0 Å². The molecule has 8 heteroatoms. The van der Waals surface area contributed by atoms with Crippen molar-refractivity contribution in [2.24, 2.45) is 16.8 Å². The fraction of sp³-hybridized carbons (Fsp3) is 0.786. The lowest BCUT2D eigenvalue weighted by Gasteiger charge is -2.22. The smallest absolute Gasteiger partial charge is 0.409 e. The molecular formula is C14H24FN3O4. The lowest BCUT2D eigenvalue weighted by molar-refractivity contribution is -0.148. The van der Waals surface area contributed by atoms with Crippen molar-refractivity contribution in [1.29, 1.82) is 0 Å². The Labute approximate surface area is 129 Å². The summed E-state index contributed by atoms with van der Waals surface area (Å²) in [5, 5.41) is 12.5. The van der Waals surface area contributed by atoms with Gasteiger partial charge in [-0.2, -0.15) is 0 Å². The number of nitrogens with zero attached hydrogens (tertiary/aromatic N) is 2. The molecule has 1 unspecified atom stereocenters. The van der Waals surface area contributed by atoms with Gasteiger partial charge in [0.15, 0.2) is 6.30 Å². The molecule has 0 saturated heterocycles. The molecule has 0 aliphatic heterocycles. The molecule has 0 aromatic carbocycles. The topological polar surface area (TPSA) is 105 Å². The zero-order valence-corrected chi connectivity index (χ0v) is 12.8. The first-order chi connectivity index (χ1) is 10.5. The van der Waals surface area contributed by atoms with E-state index in [0.717, 1.165) is 25.7 Å². The van der Waals surface area contributed by atoms with Crippen LogP contribution >= 0.6 is 0 Å². The van der Waals surface area contributed by atoms with E-state index in [9.17, 15) is 14.0 Å². The highest BCUT2D eigenvalue weighted by Gasteiger charge is 2.25. The summed E-state index contributed by atoms with van der Waals surface area (Å²) in [5.74, 6) is -0.571. The van der Waals surface area contributed by atoms with Crippen molar-refractivity contribution in [2.45, 2.75) is 58.2 Å². The molecule has 7 nitrogen and oxygen atoms in total. The van der Waals surface area contributed by atoms with Gasteiger partial charge in [0.05, 0.1) is 5.92 Å². The maximum absolute atomic E-state index is 13.7. The predicted octanol–water partition coefficient (Wildman–Crippen LogP) is 2.46. The Hall–Kier alpha value is -1.86. The molecular weight excluding hydrogens is 293 g/mol. The molecule has 1 rings (SSSR count). The van der Waals surface area contributed by atoms with Crippen molar-refractivity contribution in [3.8, 4) is 0 Å². The third kappa shape index (κ3) is 5.87. The largest absolute Gasteiger partial charge is 0.465 e. The van der Waals surface area contributed by atoms with E-state index in [0.29, 0.717) is 11.3 Å².